The van der Waals surface area contributed by atoms with E-state index in [2.05, 4.69) is 10.3 Å². The molecule has 0 aliphatic carbocycles. The van der Waals surface area contributed by atoms with Crippen LogP contribution in [0, 0.1) is 11.6 Å². The smallest absolute Gasteiger partial charge is 0.290 e. The van der Waals surface area contributed by atoms with E-state index in [1.165, 1.54) is 16.5 Å². The van der Waals surface area contributed by atoms with Gasteiger partial charge in [-0.05, 0) is 43.2 Å². The zero-order valence-corrected chi connectivity index (χ0v) is 15.3. The Morgan fingerprint density at radius 1 is 1.29 bits per heavy atom. The summed E-state index contributed by atoms with van der Waals surface area (Å²) in [5.41, 5.74) is 0.250. The lowest BCUT2D eigenvalue weighted by atomic mass is 10.1. The van der Waals surface area contributed by atoms with Gasteiger partial charge in [-0.2, -0.15) is 0 Å². The Bertz CT molecular complexity index is 1020. The van der Waals surface area contributed by atoms with Crippen molar-refractivity contribution in [3.8, 4) is 11.3 Å². The lowest BCUT2D eigenvalue weighted by Crippen LogP contribution is -2.43. The molecule has 1 aliphatic rings. The van der Waals surface area contributed by atoms with Gasteiger partial charge in [-0.3, -0.25) is 9.59 Å². The van der Waals surface area contributed by atoms with Crippen LogP contribution in [0.1, 0.15) is 23.4 Å². The van der Waals surface area contributed by atoms with Crippen molar-refractivity contribution >= 4 is 28.3 Å². The van der Waals surface area contributed by atoms with Crippen molar-refractivity contribution in [1.82, 2.24) is 9.88 Å². The second-order valence-corrected chi connectivity index (χ2v) is 7.14. The molecule has 3 heterocycles. The van der Waals surface area contributed by atoms with Gasteiger partial charge in [0.05, 0.1) is 12.0 Å². The second kappa shape index (κ2) is 7.51. The zero-order valence-electron chi connectivity index (χ0n) is 14.5. The maximum Gasteiger partial charge on any atom is 0.290 e. The lowest BCUT2D eigenvalue weighted by molar-refractivity contribution is -0.119. The Hall–Kier alpha value is -3.07. The van der Waals surface area contributed by atoms with E-state index in [4.69, 9.17) is 4.42 Å². The van der Waals surface area contributed by atoms with E-state index in [1.807, 2.05) is 0 Å². The highest BCUT2D eigenvalue weighted by molar-refractivity contribution is 7.14. The first-order valence-corrected chi connectivity index (χ1v) is 9.47. The molecule has 1 unspecified atom stereocenters. The van der Waals surface area contributed by atoms with Crippen LogP contribution in [-0.2, 0) is 4.79 Å². The van der Waals surface area contributed by atoms with Crippen LogP contribution in [0.2, 0.25) is 0 Å². The number of amides is 2. The third-order valence-electron chi connectivity index (χ3n) is 4.49. The number of thiazole rings is 1. The molecule has 1 aliphatic heterocycles. The number of aromatic nitrogens is 1. The molecule has 1 saturated heterocycles. The summed E-state index contributed by atoms with van der Waals surface area (Å²) >= 11 is 1.10. The van der Waals surface area contributed by atoms with Crippen molar-refractivity contribution in [2.24, 2.45) is 0 Å². The van der Waals surface area contributed by atoms with Crippen molar-refractivity contribution in [2.45, 2.75) is 18.9 Å². The third-order valence-corrected chi connectivity index (χ3v) is 5.24. The standard InChI is InChI=1S/C19H15F2N3O3S/c20-11-5-6-13(21)12(9-11)14-10-28-19(22-14)23-17(25)15-3-1-7-24(15)18(26)16-4-2-8-27-16/h2,4-6,8-10,15H,1,3,7H2,(H,22,23,25). The van der Waals surface area contributed by atoms with Crippen LogP contribution in [0.3, 0.4) is 0 Å². The monoisotopic (exact) mass is 403 g/mol. The first kappa shape index (κ1) is 18.3. The molecule has 6 nitrogen and oxygen atoms in total. The highest BCUT2D eigenvalue weighted by Gasteiger charge is 2.35. The van der Waals surface area contributed by atoms with Gasteiger partial charge in [0, 0.05) is 17.5 Å². The minimum absolute atomic E-state index is 0.0206. The second-order valence-electron chi connectivity index (χ2n) is 6.29. The van der Waals surface area contributed by atoms with E-state index < -0.39 is 17.7 Å². The van der Waals surface area contributed by atoms with Crippen molar-refractivity contribution in [3.63, 3.8) is 0 Å². The molecule has 28 heavy (non-hydrogen) atoms. The summed E-state index contributed by atoms with van der Waals surface area (Å²) in [6, 6.07) is 5.63. The maximum absolute atomic E-state index is 13.9. The topological polar surface area (TPSA) is 75.4 Å². The molecule has 1 fully saturated rings. The Morgan fingerprint density at radius 2 is 2.14 bits per heavy atom. The number of hydrogen-bond donors (Lipinski definition) is 1. The Morgan fingerprint density at radius 3 is 2.93 bits per heavy atom. The molecule has 2 aromatic heterocycles. The fourth-order valence-corrected chi connectivity index (χ4v) is 3.88. The van der Waals surface area contributed by atoms with Crippen molar-refractivity contribution in [3.05, 3.63) is 59.4 Å². The highest BCUT2D eigenvalue weighted by Crippen LogP contribution is 2.28. The molecule has 3 aromatic rings. The number of furan rings is 1. The van der Waals surface area contributed by atoms with Gasteiger partial charge < -0.3 is 14.6 Å². The molecule has 0 spiro atoms. The van der Waals surface area contributed by atoms with Crippen molar-refractivity contribution in [2.75, 3.05) is 11.9 Å². The normalized spacial score (nSPS) is 16.4. The molecule has 0 radical (unpaired) electrons. The number of hydrogen-bond acceptors (Lipinski definition) is 5. The van der Waals surface area contributed by atoms with Gasteiger partial charge in [-0.15, -0.1) is 11.3 Å². The molecule has 1 atom stereocenters. The minimum atomic E-state index is -0.643. The largest absolute Gasteiger partial charge is 0.459 e. The van der Waals surface area contributed by atoms with Crippen LogP contribution in [-0.4, -0.2) is 34.3 Å². The average Bonchev–Trinajstić information content (AvgIpc) is 3.44. The third kappa shape index (κ3) is 3.53. The van der Waals surface area contributed by atoms with Crippen LogP contribution in [0.15, 0.2) is 46.4 Å². The maximum atomic E-state index is 13.9. The summed E-state index contributed by atoms with van der Waals surface area (Å²) in [7, 11) is 0. The molecule has 144 valence electrons. The predicted molar refractivity (Wildman–Crippen MR) is 98.9 cm³/mol. The summed E-state index contributed by atoms with van der Waals surface area (Å²) < 4.78 is 32.4. The minimum Gasteiger partial charge on any atom is -0.459 e. The summed E-state index contributed by atoms with van der Waals surface area (Å²) in [5.74, 6) is -1.72. The van der Waals surface area contributed by atoms with Crippen LogP contribution >= 0.6 is 11.3 Å². The molecule has 0 saturated carbocycles. The number of anilines is 1. The zero-order chi connectivity index (χ0) is 19.7. The summed E-state index contributed by atoms with van der Waals surface area (Å²) in [5, 5.41) is 4.45. The summed E-state index contributed by atoms with van der Waals surface area (Å²) in [6.07, 6.45) is 2.62. The van der Waals surface area contributed by atoms with Gasteiger partial charge in [-0.25, -0.2) is 13.8 Å². The molecule has 9 heteroatoms. The van der Waals surface area contributed by atoms with Gasteiger partial charge in [0.1, 0.15) is 17.7 Å². The molecule has 1 aromatic carbocycles. The Balaban J connectivity index is 1.49. The van der Waals surface area contributed by atoms with Gasteiger partial charge in [-0.1, -0.05) is 0 Å². The fourth-order valence-electron chi connectivity index (χ4n) is 3.16. The number of nitrogens with zero attached hydrogens (tertiary/aromatic N) is 2. The van der Waals surface area contributed by atoms with Gasteiger partial charge in [0.25, 0.3) is 5.91 Å². The average molecular weight is 403 g/mol. The number of benzene rings is 1. The van der Waals surface area contributed by atoms with Gasteiger partial charge in [0.2, 0.25) is 5.91 Å². The van der Waals surface area contributed by atoms with E-state index in [1.54, 1.807) is 12.1 Å². The van der Waals surface area contributed by atoms with Gasteiger partial charge in [0.15, 0.2) is 10.9 Å². The molecular weight excluding hydrogens is 388 g/mol. The van der Waals surface area contributed by atoms with E-state index in [9.17, 15) is 18.4 Å². The predicted octanol–water partition coefficient (Wildman–Crippen LogP) is 3.92. The number of nitrogens with one attached hydrogen (secondary N) is 1. The Kier molecular flexibility index (Phi) is 4.91. The van der Waals surface area contributed by atoms with E-state index in [-0.39, 0.29) is 34.0 Å². The SMILES string of the molecule is O=C(Nc1nc(-c2cc(F)ccc2F)cs1)C1CCCN1C(=O)c1ccco1. The first-order valence-electron chi connectivity index (χ1n) is 8.59. The molecule has 4 rings (SSSR count). The molecule has 0 bridgehead atoms. The lowest BCUT2D eigenvalue weighted by Gasteiger charge is -2.22. The van der Waals surface area contributed by atoms with Crippen molar-refractivity contribution in [1.29, 1.82) is 0 Å². The van der Waals surface area contributed by atoms with Crippen LogP contribution in [0.25, 0.3) is 11.3 Å². The van der Waals surface area contributed by atoms with Crippen LogP contribution in [0.4, 0.5) is 13.9 Å². The molecule has 1 N–H and O–H groups in total. The quantitative estimate of drug-likeness (QED) is 0.716. The van der Waals surface area contributed by atoms with E-state index in [0.717, 1.165) is 29.5 Å². The Labute approximate surface area is 162 Å². The molecule has 2 amide bonds. The van der Waals surface area contributed by atoms with E-state index >= 15 is 0 Å². The first-order chi connectivity index (χ1) is 13.5. The fraction of sp³-hybridized carbons (Fsp3) is 0.211. The van der Waals surface area contributed by atoms with Crippen LogP contribution < -0.4 is 5.32 Å². The van der Waals surface area contributed by atoms with Crippen LogP contribution in [0.5, 0.6) is 0 Å². The summed E-state index contributed by atoms with van der Waals surface area (Å²) in [4.78, 5) is 30.8. The number of likely N-dealkylation sites (tertiary alicyclic amines) is 1. The number of carbonyl (C=O) groups excluding carboxylic acids is 2. The number of carbonyl (C=O) groups is 2. The highest BCUT2D eigenvalue weighted by atomic mass is 32.1. The number of rotatable bonds is 4. The van der Waals surface area contributed by atoms with Crippen molar-refractivity contribution < 1.29 is 22.8 Å². The number of halogens is 2. The summed E-state index contributed by atoms with van der Waals surface area (Å²) in [6.45, 7) is 0.454. The van der Waals surface area contributed by atoms with E-state index in [0.29, 0.717) is 19.4 Å². The molecular formula is C19H15F2N3O3S. The van der Waals surface area contributed by atoms with Gasteiger partial charge >= 0.3 is 0 Å².